The van der Waals surface area contributed by atoms with Crippen LogP contribution in [-0.2, 0) is 11.4 Å². The number of carbonyl (C=O) groups is 1. The first kappa shape index (κ1) is 27.1. The second kappa shape index (κ2) is 12.0. The van der Waals surface area contributed by atoms with Crippen LogP contribution in [-0.4, -0.2) is 84.7 Å². The topological polar surface area (TPSA) is 52.2 Å². The van der Waals surface area contributed by atoms with Crippen molar-refractivity contribution in [2.75, 3.05) is 51.8 Å². The Bertz CT molecular complexity index is 1070. The molecule has 196 valence electrons. The van der Waals surface area contributed by atoms with E-state index in [-0.39, 0.29) is 11.7 Å². The minimum absolute atomic E-state index is 0.234. The van der Waals surface area contributed by atoms with Gasteiger partial charge in [0.25, 0.3) is 5.91 Å². The Morgan fingerprint density at radius 1 is 1.19 bits per heavy atom. The maximum Gasteiger partial charge on any atom is 0.278 e. The first-order valence-electron chi connectivity index (χ1n) is 12.4. The molecule has 1 atom stereocenters. The summed E-state index contributed by atoms with van der Waals surface area (Å²) in [5, 5.41) is 2.05. The Morgan fingerprint density at radius 3 is 2.58 bits per heavy atom. The van der Waals surface area contributed by atoms with Crippen LogP contribution in [0, 0.1) is 5.82 Å². The third-order valence-electron chi connectivity index (χ3n) is 7.36. The van der Waals surface area contributed by atoms with Crippen molar-refractivity contribution < 1.29 is 14.0 Å². The number of nitrogens with zero attached hydrogens (tertiary/aromatic N) is 5. The Morgan fingerprint density at radius 2 is 1.94 bits per heavy atom. The Balaban J connectivity index is 1.35. The Kier molecular flexibility index (Phi) is 9.06. The zero-order valence-corrected chi connectivity index (χ0v) is 22.6. The van der Waals surface area contributed by atoms with Crippen molar-refractivity contribution in [1.29, 1.82) is 0 Å². The molecule has 0 radical (unpaired) electrons. The number of piperidine rings is 1. The third kappa shape index (κ3) is 6.11. The van der Waals surface area contributed by atoms with Crippen LogP contribution in [0.1, 0.15) is 42.1 Å². The molecule has 0 aliphatic carbocycles. The SMILES string of the molecule is CCC1CN(c2ncc(C(=O)N(C)OC)cc2Cl)CCN1C1CCN(Cc2ccc(Cl)cc2F)CC1. The smallest absolute Gasteiger partial charge is 0.278 e. The summed E-state index contributed by atoms with van der Waals surface area (Å²) in [4.78, 5) is 29.0. The molecule has 2 saturated heterocycles. The molecule has 3 heterocycles. The lowest BCUT2D eigenvalue weighted by atomic mass is 9.97. The van der Waals surface area contributed by atoms with Gasteiger partial charge < -0.3 is 4.90 Å². The summed E-state index contributed by atoms with van der Waals surface area (Å²) in [5.41, 5.74) is 1.09. The summed E-state index contributed by atoms with van der Waals surface area (Å²) in [5.74, 6) is 0.188. The number of anilines is 1. The van der Waals surface area contributed by atoms with E-state index in [1.807, 2.05) is 0 Å². The lowest BCUT2D eigenvalue weighted by Crippen LogP contribution is -2.58. The van der Waals surface area contributed by atoms with Gasteiger partial charge in [0.1, 0.15) is 11.6 Å². The third-order valence-corrected chi connectivity index (χ3v) is 7.88. The first-order valence-corrected chi connectivity index (χ1v) is 13.2. The maximum atomic E-state index is 14.2. The van der Waals surface area contributed by atoms with Crippen molar-refractivity contribution in [3.8, 4) is 0 Å². The van der Waals surface area contributed by atoms with Crippen molar-refractivity contribution in [2.24, 2.45) is 0 Å². The molecular weight excluding hydrogens is 504 g/mol. The fraction of sp³-hybridized carbons (Fsp3) is 0.538. The summed E-state index contributed by atoms with van der Waals surface area (Å²) in [6.45, 7) is 7.32. The van der Waals surface area contributed by atoms with Crippen molar-refractivity contribution in [3.63, 3.8) is 0 Å². The van der Waals surface area contributed by atoms with Crippen molar-refractivity contribution in [2.45, 2.75) is 44.8 Å². The number of hydrogen-bond donors (Lipinski definition) is 0. The van der Waals surface area contributed by atoms with E-state index in [1.165, 1.54) is 13.2 Å². The largest absolute Gasteiger partial charge is 0.353 e. The van der Waals surface area contributed by atoms with Crippen molar-refractivity contribution in [1.82, 2.24) is 19.8 Å². The van der Waals surface area contributed by atoms with E-state index in [9.17, 15) is 9.18 Å². The quantitative estimate of drug-likeness (QED) is 0.476. The van der Waals surface area contributed by atoms with Gasteiger partial charge in [0.05, 0.1) is 17.7 Å². The number of rotatable bonds is 7. The van der Waals surface area contributed by atoms with Gasteiger partial charge in [0, 0.05) is 62.1 Å². The first-order chi connectivity index (χ1) is 17.3. The van der Waals surface area contributed by atoms with Gasteiger partial charge in [-0.2, -0.15) is 0 Å². The van der Waals surface area contributed by atoms with Gasteiger partial charge in [0.15, 0.2) is 0 Å². The molecular formula is C26H34Cl2FN5O2. The average molecular weight is 538 g/mol. The number of likely N-dealkylation sites (tertiary alicyclic amines) is 1. The number of carbonyl (C=O) groups excluding carboxylic acids is 1. The highest BCUT2D eigenvalue weighted by Gasteiger charge is 2.34. The van der Waals surface area contributed by atoms with Crippen LogP contribution < -0.4 is 4.90 Å². The molecule has 2 aliphatic rings. The van der Waals surface area contributed by atoms with E-state index in [1.54, 1.807) is 31.4 Å². The number of amides is 1. The minimum atomic E-state index is -0.292. The van der Waals surface area contributed by atoms with Crippen molar-refractivity contribution in [3.05, 3.63) is 57.5 Å². The molecule has 7 nitrogen and oxygen atoms in total. The molecule has 2 fully saturated rings. The molecule has 1 aromatic heterocycles. The van der Waals surface area contributed by atoms with Gasteiger partial charge in [-0.25, -0.2) is 14.4 Å². The number of halogens is 3. The Labute approximate surface area is 222 Å². The van der Waals surface area contributed by atoms with Gasteiger partial charge in [-0.15, -0.1) is 0 Å². The predicted molar refractivity (Wildman–Crippen MR) is 141 cm³/mol. The standard InChI is InChI=1S/C26H34Cl2FN5O2/c1-4-21-17-33(25-23(28)13-19(15-30-25)26(35)31(2)36-3)11-12-34(21)22-7-9-32(10-8-22)16-18-5-6-20(27)14-24(18)29/h5-6,13-15,21-22H,4,7-12,16-17H2,1-3H3. The summed E-state index contributed by atoms with van der Waals surface area (Å²) in [6.07, 6.45) is 4.72. The van der Waals surface area contributed by atoms with E-state index >= 15 is 0 Å². The second-order valence-electron chi connectivity index (χ2n) is 9.50. The Hall–Kier alpha value is -1.97. The zero-order chi connectivity index (χ0) is 25.8. The van der Waals surface area contributed by atoms with E-state index in [4.69, 9.17) is 28.0 Å². The fourth-order valence-electron chi connectivity index (χ4n) is 5.25. The molecule has 0 saturated carbocycles. The predicted octanol–water partition coefficient (Wildman–Crippen LogP) is 4.73. The van der Waals surface area contributed by atoms with Gasteiger partial charge in [-0.1, -0.05) is 36.2 Å². The van der Waals surface area contributed by atoms with Crippen molar-refractivity contribution >= 4 is 34.9 Å². The molecule has 1 amide bonds. The molecule has 0 bridgehead atoms. The number of benzene rings is 1. The zero-order valence-electron chi connectivity index (χ0n) is 21.1. The molecule has 4 rings (SSSR count). The van der Waals surface area contributed by atoms with Gasteiger partial charge in [-0.05, 0) is 50.6 Å². The summed E-state index contributed by atoms with van der Waals surface area (Å²) >= 11 is 12.5. The highest BCUT2D eigenvalue weighted by molar-refractivity contribution is 6.33. The van der Waals surface area contributed by atoms with Gasteiger partial charge in [-0.3, -0.25) is 19.4 Å². The van der Waals surface area contributed by atoms with Crippen LogP contribution in [0.5, 0.6) is 0 Å². The monoisotopic (exact) mass is 537 g/mol. The number of hydroxylamine groups is 2. The highest BCUT2D eigenvalue weighted by atomic mass is 35.5. The second-order valence-corrected chi connectivity index (χ2v) is 10.3. The number of piperazine rings is 1. The maximum absolute atomic E-state index is 14.2. The molecule has 2 aromatic rings. The molecule has 0 spiro atoms. The van der Waals surface area contributed by atoms with E-state index in [2.05, 4.69) is 26.6 Å². The molecule has 0 N–H and O–H groups in total. The van der Waals surface area contributed by atoms with Crippen LogP contribution in [0.3, 0.4) is 0 Å². The normalized spacial score (nSPS) is 20.1. The van der Waals surface area contributed by atoms with Crippen LogP contribution >= 0.6 is 23.2 Å². The lowest BCUT2D eigenvalue weighted by molar-refractivity contribution is -0.0757. The minimum Gasteiger partial charge on any atom is -0.353 e. The molecule has 36 heavy (non-hydrogen) atoms. The lowest BCUT2D eigenvalue weighted by Gasteiger charge is -2.47. The number of pyridine rings is 1. The van der Waals surface area contributed by atoms with Crippen LogP contribution in [0.2, 0.25) is 10.0 Å². The van der Waals surface area contributed by atoms with E-state index < -0.39 is 0 Å². The fourth-order valence-corrected chi connectivity index (χ4v) is 5.70. The average Bonchev–Trinajstić information content (AvgIpc) is 2.89. The van der Waals surface area contributed by atoms with Gasteiger partial charge in [0.2, 0.25) is 0 Å². The highest BCUT2D eigenvalue weighted by Crippen LogP contribution is 2.30. The van der Waals surface area contributed by atoms with Crippen LogP contribution in [0.4, 0.5) is 10.2 Å². The van der Waals surface area contributed by atoms with E-state index in [0.29, 0.717) is 45.6 Å². The molecule has 1 aromatic carbocycles. The van der Waals surface area contributed by atoms with Gasteiger partial charge >= 0.3 is 0 Å². The molecule has 10 heteroatoms. The van der Waals surface area contributed by atoms with Crippen LogP contribution in [0.25, 0.3) is 0 Å². The summed E-state index contributed by atoms with van der Waals surface area (Å²) in [7, 11) is 2.99. The molecule has 2 aliphatic heterocycles. The van der Waals surface area contributed by atoms with E-state index in [0.717, 1.165) is 57.0 Å². The molecule has 1 unspecified atom stereocenters. The summed E-state index contributed by atoms with van der Waals surface area (Å²) < 4.78 is 14.2. The van der Waals surface area contributed by atoms with Crippen LogP contribution in [0.15, 0.2) is 30.5 Å². The number of aromatic nitrogens is 1. The number of hydrogen-bond acceptors (Lipinski definition) is 6. The summed E-state index contributed by atoms with van der Waals surface area (Å²) in [6, 6.07) is 7.49.